The lowest BCUT2D eigenvalue weighted by Crippen LogP contribution is -2.23. The maximum absolute atomic E-state index is 12.5. The second-order valence-electron chi connectivity index (χ2n) is 5.95. The van der Waals surface area contributed by atoms with Crippen LogP contribution in [0.4, 0.5) is 0 Å². The van der Waals surface area contributed by atoms with Crippen molar-refractivity contribution in [3.05, 3.63) is 62.3 Å². The Kier molecular flexibility index (Phi) is 4.94. The van der Waals surface area contributed by atoms with Gasteiger partial charge in [0.05, 0.1) is 29.2 Å². The summed E-state index contributed by atoms with van der Waals surface area (Å²) in [7, 11) is 1.61. The molecule has 0 aliphatic rings. The van der Waals surface area contributed by atoms with Crippen molar-refractivity contribution in [2.24, 2.45) is 7.05 Å². The number of carbonyl (C=O) groups excluding carboxylic acids is 1. The standard InChI is InChI=1S/C18H19N5O2S/c1-10-11(2)22-23(4)18(25)14(10)17-21-12(3)15(26-17)16(24)20-9-13-7-5-6-8-19-13/h5-8H,9H2,1-4H3,(H,20,24). The van der Waals surface area contributed by atoms with Gasteiger partial charge in [0, 0.05) is 13.2 Å². The molecule has 3 aromatic rings. The van der Waals surface area contributed by atoms with E-state index in [0.29, 0.717) is 27.7 Å². The number of hydrogen-bond acceptors (Lipinski definition) is 6. The first kappa shape index (κ1) is 17.9. The minimum Gasteiger partial charge on any atom is -0.346 e. The summed E-state index contributed by atoms with van der Waals surface area (Å²) in [6.45, 7) is 5.79. The fourth-order valence-electron chi connectivity index (χ4n) is 2.57. The number of thiazole rings is 1. The predicted octanol–water partition coefficient (Wildman–Crippen LogP) is 2.15. The van der Waals surface area contributed by atoms with Crippen LogP contribution in [0.15, 0.2) is 29.2 Å². The van der Waals surface area contributed by atoms with Crippen molar-refractivity contribution in [1.29, 1.82) is 0 Å². The van der Waals surface area contributed by atoms with E-state index < -0.39 is 0 Å². The van der Waals surface area contributed by atoms with Gasteiger partial charge in [0.15, 0.2) is 0 Å². The zero-order valence-electron chi connectivity index (χ0n) is 15.0. The van der Waals surface area contributed by atoms with Crippen molar-refractivity contribution in [2.75, 3.05) is 0 Å². The fourth-order valence-corrected chi connectivity index (χ4v) is 3.64. The molecule has 0 bridgehead atoms. The second kappa shape index (κ2) is 7.17. The summed E-state index contributed by atoms with van der Waals surface area (Å²) in [5, 5.41) is 7.56. The highest BCUT2D eigenvalue weighted by Crippen LogP contribution is 2.28. The third-order valence-corrected chi connectivity index (χ3v) is 5.27. The Morgan fingerprint density at radius 3 is 2.69 bits per heavy atom. The number of nitrogens with zero attached hydrogens (tertiary/aromatic N) is 4. The highest BCUT2D eigenvalue weighted by molar-refractivity contribution is 7.17. The van der Waals surface area contributed by atoms with E-state index in [1.165, 1.54) is 16.0 Å². The van der Waals surface area contributed by atoms with Crippen LogP contribution in [-0.2, 0) is 13.6 Å². The van der Waals surface area contributed by atoms with Crippen molar-refractivity contribution in [3.8, 4) is 10.6 Å². The molecule has 0 spiro atoms. The Hall–Kier alpha value is -2.87. The van der Waals surface area contributed by atoms with Gasteiger partial charge in [-0.25, -0.2) is 9.67 Å². The first-order valence-electron chi connectivity index (χ1n) is 8.09. The van der Waals surface area contributed by atoms with Gasteiger partial charge in [-0.2, -0.15) is 5.10 Å². The number of hydrogen-bond donors (Lipinski definition) is 1. The number of amides is 1. The topological polar surface area (TPSA) is 89.8 Å². The lowest BCUT2D eigenvalue weighted by atomic mass is 10.1. The Morgan fingerprint density at radius 2 is 2.00 bits per heavy atom. The maximum atomic E-state index is 12.5. The van der Waals surface area contributed by atoms with Gasteiger partial charge in [-0.05, 0) is 38.5 Å². The van der Waals surface area contributed by atoms with E-state index >= 15 is 0 Å². The average molecular weight is 369 g/mol. The summed E-state index contributed by atoms with van der Waals surface area (Å²) in [5.41, 5.74) is 3.19. The number of rotatable bonds is 4. The molecule has 0 unspecified atom stereocenters. The third kappa shape index (κ3) is 3.41. The van der Waals surface area contributed by atoms with Crippen LogP contribution >= 0.6 is 11.3 Å². The van der Waals surface area contributed by atoms with Gasteiger partial charge in [0.1, 0.15) is 9.88 Å². The van der Waals surface area contributed by atoms with E-state index in [2.05, 4.69) is 20.4 Å². The number of aromatic nitrogens is 4. The van der Waals surface area contributed by atoms with E-state index in [1.54, 1.807) is 20.2 Å². The van der Waals surface area contributed by atoms with E-state index in [-0.39, 0.29) is 11.5 Å². The highest BCUT2D eigenvalue weighted by Gasteiger charge is 2.20. The molecule has 0 fully saturated rings. The molecule has 1 N–H and O–H groups in total. The molecule has 3 heterocycles. The molecule has 0 atom stereocenters. The van der Waals surface area contributed by atoms with Crippen LogP contribution in [0, 0.1) is 20.8 Å². The minimum absolute atomic E-state index is 0.220. The van der Waals surface area contributed by atoms with Crippen LogP contribution in [0.1, 0.15) is 32.3 Å². The SMILES string of the molecule is Cc1nc(-c2c(C)c(C)nn(C)c2=O)sc1C(=O)NCc1ccccn1. The van der Waals surface area contributed by atoms with E-state index in [0.717, 1.165) is 17.0 Å². The summed E-state index contributed by atoms with van der Waals surface area (Å²) >= 11 is 1.22. The molecular formula is C18H19N5O2S. The molecule has 8 heteroatoms. The lowest BCUT2D eigenvalue weighted by Gasteiger charge is -2.07. The molecule has 0 saturated carbocycles. The molecule has 0 aromatic carbocycles. The van der Waals surface area contributed by atoms with E-state index in [1.807, 2.05) is 32.0 Å². The number of aryl methyl sites for hydroxylation is 3. The monoisotopic (exact) mass is 369 g/mol. The van der Waals surface area contributed by atoms with Crippen molar-refractivity contribution >= 4 is 17.2 Å². The van der Waals surface area contributed by atoms with Crippen LogP contribution in [0.25, 0.3) is 10.6 Å². The summed E-state index contributed by atoms with van der Waals surface area (Å²) in [6.07, 6.45) is 1.68. The zero-order valence-corrected chi connectivity index (χ0v) is 15.8. The molecule has 0 radical (unpaired) electrons. The Labute approximate surface area is 154 Å². The van der Waals surface area contributed by atoms with Gasteiger partial charge in [-0.15, -0.1) is 11.3 Å². The van der Waals surface area contributed by atoms with Crippen LogP contribution in [0.3, 0.4) is 0 Å². The van der Waals surface area contributed by atoms with E-state index in [9.17, 15) is 9.59 Å². The van der Waals surface area contributed by atoms with Gasteiger partial charge < -0.3 is 5.32 Å². The van der Waals surface area contributed by atoms with Crippen LogP contribution in [0.5, 0.6) is 0 Å². The maximum Gasteiger partial charge on any atom is 0.277 e. The normalized spacial score (nSPS) is 10.8. The molecule has 134 valence electrons. The van der Waals surface area contributed by atoms with Crippen molar-refractivity contribution in [3.63, 3.8) is 0 Å². The second-order valence-corrected chi connectivity index (χ2v) is 6.95. The molecule has 0 aliphatic carbocycles. The van der Waals surface area contributed by atoms with Crippen molar-refractivity contribution in [1.82, 2.24) is 25.1 Å². The number of pyridine rings is 1. The lowest BCUT2D eigenvalue weighted by molar-refractivity contribution is 0.0953. The highest BCUT2D eigenvalue weighted by atomic mass is 32.1. The first-order valence-corrected chi connectivity index (χ1v) is 8.90. The molecule has 1 amide bonds. The third-order valence-electron chi connectivity index (χ3n) is 4.10. The van der Waals surface area contributed by atoms with Gasteiger partial charge in [0.2, 0.25) is 0 Å². The molecule has 0 saturated heterocycles. The summed E-state index contributed by atoms with van der Waals surface area (Å²) in [6, 6.07) is 5.54. The van der Waals surface area contributed by atoms with Crippen molar-refractivity contribution < 1.29 is 4.79 Å². The van der Waals surface area contributed by atoms with Gasteiger partial charge >= 0.3 is 0 Å². The fraction of sp³-hybridized carbons (Fsp3) is 0.278. The first-order chi connectivity index (χ1) is 12.4. The van der Waals surface area contributed by atoms with Crippen LogP contribution in [-0.4, -0.2) is 25.7 Å². The summed E-state index contributed by atoms with van der Waals surface area (Å²) in [4.78, 5) is 34.2. The smallest absolute Gasteiger partial charge is 0.277 e. The largest absolute Gasteiger partial charge is 0.346 e. The molecule has 3 rings (SSSR count). The van der Waals surface area contributed by atoms with Gasteiger partial charge in [0.25, 0.3) is 11.5 Å². The van der Waals surface area contributed by atoms with Gasteiger partial charge in [-0.3, -0.25) is 14.6 Å². The minimum atomic E-state index is -0.225. The Morgan fingerprint density at radius 1 is 1.23 bits per heavy atom. The van der Waals surface area contributed by atoms with Crippen LogP contribution < -0.4 is 10.9 Å². The average Bonchev–Trinajstić information content (AvgIpc) is 3.00. The summed E-state index contributed by atoms with van der Waals surface area (Å²) < 4.78 is 1.30. The molecular weight excluding hydrogens is 350 g/mol. The molecule has 7 nitrogen and oxygen atoms in total. The van der Waals surface area contributed by atoms with Gasteiger partial charge in [-0.1, -0.05) is 6.07 Å². The predicted molar refractivity (Wildman–Crippen MR) is 100 cm³/mol. The Balaban J connectivity index is 1.91. The zero-order chi connectivity index (χ0) is 18.8. The van der Waals surface area contributed by atoms with Crippen molar-refractivity contribution in [2.45, 2.75) is 27.3 Å². The Bertz CT molecular complexity index is 1020. The molecule has 3 aromatic heterocycles. The molecule has 26 heavy (non-hydrogen) atoms. The van der Waals surface area contributed by atoms with Crippen LogP contribution in [0.2, 0.25) is 0 Å². The quantitative estimate of drug-likeness (QED) is 0.761. The molecule has 0 aliphatic heterocycles. The number of nitrogens with one attached hydrogen (secondary N) is 1. The summed E-state index contributed by atoms with van der Waals surface area (Å²) in [5.74, 6) is -0.225. The number of carbonyl (C=O) groups is 1. The van der Waals surface area contributed by atoms with E-state index in [4.69, 9.17) is 0 Å².